The Labute approximate surface area is 263 Å². The van der Waals surface area contributed by atoms with Crippen LogP contribution in [0.25, 0.3) is 11.0 Å². The molecule has 3 atom stereocenters. The largest absolute Gasteiger partial charge is 0.486 e. The van der Waals surface area contributed by atoms with E-state index in [1.165, 1.54) is 48.0 Å². The van der Waals surface area contributed by atoms with Crippen LogP contribution in [-0.4, -0.2) is 41.7 Å². The fraction of sp³-hybridized carbons (Fsp3) is 0.257. The molecule has 0 unspecified atom stereocenters. The van der Waals surface area contributed by atoms with Crippen LogP contribution < -0.4 is 15.4 Å². The van der Waals surface area contributed by atoms with Gasteiger partial charge in [-0.2, -0.15) is 0 Å². The number of aryl methyl sites for hydroxylation is 2. The van der Waals surface area contributed by atoms with E-state index in [0.717, 1.165) is 40.6 Å². The van der Waals surface area contributed by atoms with Gasteiger partial charge in [0.15, 0.2) is 11.6 Å². The molecule has 6 rings (SSSR count). The highest BCUT2D eigenvalue weighted by molar-refractivity contribution is 5.93. The smallest absolute Gasteiger partial charge is 0.225 e. The molecule has 0 spiro atoms. The van der Waals surface area contributed by atoms with Crippen molar-refractivity contribution in [3.63, 3.8) is 0 Å². The van der Waals surface area contributed by atoms with Gasteiger partial charge in [-0.05, 0) is 84.6 Å². The van der Waals surface area contributed by atoms with Crippen molar-refractivity contribution in [1.82, 2.24) is 15.3 Å². The third-order valence-electron chi connectivity index (χ3n) is 8.14. The Morgan fingerprint density at radius 3 is 2.41 bits per heavy atom. The third-order valence-corrected chi connectivity index (χ3v) is 8.14. The van der Waals surface area contributed by atoms with Gasteiger partial charge in [-0.3, -0.25) is 4.79 Å². The summed E-state index contributed by atoms with van der Waals surface area (Å²) in [4.78, 5) is 21.3. The van der Waals surface area contributed by atoms with E-state index in [1.807, 2.05) is 19.9 Å². The number of rotatable bonds is 9. The number of carbonyl (C=O) groups is 1. The van der Waals surface area contributed by atoms with Crippen LogP contribution in [0.4, 0.5) is 23.2 Å². The standard InChI is InChI=1S/C35H32F4N4O3/c1-19-10-30-31(11-20(19)2)43-35(42-30)32-18-45-26(16-40-32)17-46-34-28(39)4-3-5-29(34)41-33(44)15-27(21-6-8-23(36)9-7-21)22-12-24(37)14-25(38)13-22/h3-14,26-27,32,40H,15-18H2,1-2H3,(H,41,44)(H,42,43)/t26-,27-,32-/m0/s1. The van der Waals surface area contributed by atoms with E-state index < -0.39 is 41.2 Å². The number of aromatic nitrogens is 2. The van der Waals surface area contributed by atoms with Gasteiger partial charge in [-0.1, -0.05) is 18.2 Å². The van der Waals surface area contributed by atoms with Crippen LogP contribution in [0.15, 0.2) is 72.8 Å². The average Bonchev–Trinajstić information content (AvgIpc) is 3.42. The SMILES string of the molecule is Cc1cc2nc([C@@H]3CO[C@H](COc4c(F)cccc4NC(=O)C[C@@H](c4ccc(F)cc4)c4cc(F)cc(F)c4)CN3)[nH]c2cc1C. The molecule has 0 saturated carbocycles. The minimum atomic E-state index is -0.808. The number of hydrogen-bond acceptors (Lipinski definition) is 5. The predicted molar refractivity (Wildman–Crippen MR) is 166 cm³/mol. The number of para-hydroxylation sites is 1. The number of ether oxygens (including phenoxy) is 2. The molecule has 3 N–H and O–H groups in total. The van der Waals surface area contributed by atoms with Crippen LogP contribution in [0.3, 0.4) is 0 Å². The molecule has 2 heterocycles. The molecule has 7 nitrogen and oxygen atoms in total. The number of carbonyl (C=O) groups excluding carboxylic acids is 1. The summed E-state index contributed by atoms with van der Waals surface area (Å²) in [5.74, 6) is -3.57. The lowest BCUT2D eigenvalue weighted by atomic mass is 9.88. The van der Waals surface area contributed by atoms with Crippen LogP contribution in [-0.2, 0) is 9.53 Å². The molecule has 0 bridgehead atoms. The second-order valence-corrected chi connectivity index (χ2v) is 11.5. The van der Waals surface area contributed by atoms with Crippen molar-refractivity contribution in [3.8, 4) is 5.75 Å². The summed E-state index contributed by atoms with van der Waals surface area (Å²) in [5.41, 5.74) is 4.93. The highest BCUT2D eigenvalue weighted by Crippen LogP contribution is 2.33. The minimum Gasteiger partial charge on any atom is -0.486 e. The molecule has 1 aliphatic heterocycles. The topological polar surface area (TPSA) is 88.3 Å². The van der Waals surface area contributed by atoms with E-state index in [-0.39, 0.29) is 36.1 Å². The molecule has 0 aliphatic carbocycles. The number of imidazole rings is 1. The molecule has 1 fully saturated rings. The molecule has 5 aromatic rings. The van der Waals surface area contributed by atoms with Crippen LogP contribution in [0.2, 0.25) is 0 Å². The van der Waals surface area contributed by atoms with Gasteiger partial charge in [-0.25, -0.2) is 22.5 Å². The molecule has 238 valence electrons. The molecule has 1 amide bonds. The Kier molecular flexibility index (Phi) is 9.05. The lowest BCUT2D eigenvalue weighted by Gasteiger charge is -2.29. The zero-order valence-electron chi connectivity index (χ0n) is 25.2. The predicted octanol–water partition coefficient (Wildman–Crippen LogP) is 7.01. The second-order valence-electron chi connectivity index (χ2n) is 11.5. The molecule has 1 aliphatic rings. The normalized spacial score (nSPS) is 17.2. The first-order valence-electron chi connectivity index (χ1n) is 14.9. The number of aromatic amines is 1. The number of morpholine rings is 1. The van der Waals surface area contributed by atoms with E-state index in [2.05, 4.69) is 21.7 Å². The Hall–Kier alpha value is -4.74. The van der Waals surface area contributed by atoms with E-state index in [4.69, 9.17) is 14.5 Å². The van der Waals surface area contributed by atoms with Gasteiger partial charge in [0, 0.05) is 24.9 Å². The Bertz CT molecular complexity index is 1810. The van der Waals surface area contributed by atoms with Crippen LogP contribution in [0.1, 0.15) is 46.5 Å². The number of benzene rings is 4. The first-order chi connectivity index (χ1) is 22.1. The molecular formula is C35H32F4N4O3. The minimum absolute atomic E-state index is 0.00279. The van der Waals surface area contributed by atoms with E-state index in [9.17, 15) is 22.4 Å². The lowest BCUT2D eigenvalue weighted by molar-refractivity contribution is -0.116. The van der Waals surface area contributed by atoms with Crippen LogP contribution in [0, 0.1) is 37.1 Å². The van der Waals surface area contributed by atoms with E-state index in [1.54, 1.807) is 0 Å². The van der Waals surface area contributed by atoms with Crippen molar-refractivity contribution >= 4 is 22.6 Å². The quantitative estimate of drug-likeness (QED) is 0.152. The number of anilines is 1. The van der Waals surface area contributed by atoms with Crippen molar-refractivity contribution in [3.05, 3.63) is 124 Å². The van der Waals surface area contributed by atoms with Crippen molar-refractivity contribution in [1.29, 1.82) is 0 Å². The molecule has 11 heteroatoms. The number of nitrogens with zero attached hydrogens (tertiary/aromatic N) is 1. The van der Waals surface area contributed by atoms with Gasteiger partial charge in [0.05, 0.1) is 29.4 Å². The maximum absolute atomic E-state index is 15.0. The van der Waals surface area contributed by atoms with Crippen LogP contribution in [0.5, 0.6) is 5.75 Å². The van der Waals surface area contributed by atoms with E-state index in [0.29, 0.717) is 18.7 Å². The zero-order valence-corrected chi connectivity index (χ0v) is 25.2. The average molecular weight is 633 g/mol. The Morgan fingerprint density at radius 2 is 1.70 bits per heavy atom. The van der Waals surface area contributed by atoms with Gasteiger partial charge >= 0.3 is 0 Å². The number of fused-ring (bicyclic) bond motifs is 1. The Balaban J connectivity index is 1.11. The number of nitrogens with one attached hydrogen (secondary N) is 3. The van der Waals surface area contributed by atoms with Gasteiger partial charge in [0.2, 0.25) is 5.91 Å². The summed E-state index contributed by atoms with van der Waals surface area (Å²) in [6.45, 7) is 4.83. The molecule has 1 saturated heterocycles. The summed E-state index contributed by atoms with van der Waals surface area (Å²) in [7, 11) is 0. The number of hydrogen-bond donors (Lipinski definition) is 3. The van der Waals surface area contributed by atoms with Crippen molar-refractivity contribution in [2.45, 2.75) is 38.3 Å². The lowest BCUT2D eigenvalue weighted by Crippen LogP contribution is -2.44. The maximum atomic E-state index is 15.0. The summed E-state index contributed by atoms with van der Waals surface area (Å²) >= 11 is 0. The summed E-state index contributed by atoms with van der Waals surface area (Å²) in [5, 5.41) is 6.06. The van der Waals surface area contributed by atoms with Gasteiger partial charge in [0.25, 0.3) is 0 Å². The van der Waals surface area contributed by atoms with Crippen molar-refractivity contribution in [2.75, 3.05) is 25.1 Å². The zero-order chi connectivity index (χ0) is 32.4. The van der Waals surface area contributed by atoms with Gasteiger partial charge in [-0.15, -0.1) is 0 Å². The second kappa shape index (κ2) is 13.3. The summed E-state index contributed by atoms with van der Waals surface area (Å²) in [6.07, 6.45) is -0.665. The number of halogens is 4. The molecular weight excluding hydrogens is 600 g/mol. The van der Waals surface area contributed by atoms with Gasteiger partial charge < -0.3 is 25.1 Å². The van der Waals surface area contributed by atoms with Crippen LogP contribution >= 0.6 is 0 Å². The van der Waals surface area contributed by atoms with Crippen molar-refractivity contribution < 1.29 is 31.8 Å². The highest BCUT2D eigenvalue weighted by atomic mass is 19.1. The molecule has 4 aromatic carbocycles. The fourth-order valence-corrected chi connectivity index (χ4v) is 5.58. The fourth-order valence-electron chi connectivity index (χ4n) is 5.58. The maximum Gasteiger partial charge on any atom is 0.225 e. The summed E-state index contributed by atoms with van der Waals surface area (Å²) in [6, 6.07) is 16.4. The highest BCUT2D eigenvalue weighted by Gasteiger charge is 2.27. The number of H-pyrrole nitrogens is 1. The molecule has 46 heavy (non-hydrogen) atoms. The van der Waals surface area contributed by atoms with E-state index >= 15 is 0 Å². The van der Waals surface area contributed by atoms with Gasteiger partial charge in [0.1, 0.15) is 36.0 Å². The molecule has 1 aromatic heterocycles. The first-order valence-corrected chi connectivity index (χ1v) is 14.9. The monoisotopic (exact) mass is 632 g/mol. The molecule has 0 radical (unpaired) electrons. The number of amides is 1. The van der Waals surface area contributed by atoms with Crippen molar-refractivity contribution in [2.24, 2.45) is 0 Å². The Morgan fingerprint density at radius 1 is 0.957 bits per heavy atom. The summed E-state index contributed by atoms with van der Waals surface area (Å²) < 4.78 is 68.6. The first kappa shape index (κ1) is 31.3. The third kappa shape index (κ3) is 7.05.